The molecule has 0 aromatic heterocycles. The van der Waals surface area contributed by atoms with E-state index in [1.54, 1.807) is 42.5 Å². The van der Waals surface area contributed by atoms with E-state index in [9.17, 15) is 9.59 Å². The van der Waals surface area contributed by atoms with Crippen molar-refractivity contribution >= 4 is 17.5 Å². The number of anilines is 1. The van der Waals surface area contributed by atoms with Crippen molar-refractivity contribution in [2.24, 2.45) is 5.73 Å². The first kappa shape index (κ1) is 17.6. The van der Waals surface area contributed by atoms with Crippen molar-refractivity contribution in [3.8, 4) is 17.2 Å². The molecule has 0 fully saturated rings. The molecule has 26 heavy (non-hydrogen) atoms. The Balaban J connectivity index is 1.87. The number of carbonyl (C=O) groups excluding carboxylic acids is 2. The molecule has 0 bridgehead atoms. The van der Waals surface area contributed by atoms with E-state index in [1.165, 1.54) is 12.0 Å². The number of para-hydroxylation sites is 4. The van der Waals surface area contributed by atoms with Gasteiger partial charge in [0.05, 0.1) is 12.8 Å². The lowest BCUT2D eigenvalue weighted by molar-refractivity contribution is -0.127. The molecule has 1 heterocycles. The van der Waals surface area contributed by atoms with Gasteiger partial charge in [-0.25, -0.2) is 0 Å². The van der Waals surface area contributed by atoms with E-state index in [1.807, 2.05) is 6.07 Å². The Labute approximate surface area is 151 Å². The summed E-state index contributed by atoms with van der Waals surface area (Å²) in [6, 6.07) is 14.2. The molecule has 7 nitrogen and oxygen atoms in total. The van der Waals surface area contributed by atoms with E-state index < -0.39 is 12.0 Å². The number of nitrogens with two attached hydrogens (primary N) is 1. The van der Waals surface area contributed by atoms with Crippen LogP contribution >= 0.6 is 0 Å². The van der Waals surface area contributed by atoms with Gasteiger partial charge >= 0.3 is 0 Å². The van der Waals surface area contributed by atoms with Crippen LogP contribution in [0.5, 0.6) is 17.2 Å². The Morgan fingerprint density at radius 1 is 1.15 bits per heavy atom. The molecule has 0 saturated heterocycles. The molecule has 3 rings (SSSR count). The normalized spacial score (nSPS) is 15.2. The summed E-state index contributed by atoms with van der Waals surface area (Å²) in [7, 11) is 1.52. The Morgan fingerprint density at radius 3 is 2.58 bits per heavy atom. The number of methoxy groups -OCH3 is 1. The largest absolute Gasteiger partial charge is 0.495 e. The van der Waals surface area contributed by atoms with Gasteiger partial charge in [0, 0.05) is 13.0 Å². The van der Waals surface area contributed by atoms with Crippen molar-refractivity contribution in [2.75, 3.05) is 25.2 Å². The average Bonchev–Trinajstić information content (AvgIpc) is 2.67. The fourth-order valence-electron chi connectivity index (χ4n) is 2.74. The highest BCUT2D eigenvalue weighted by molar-refractivity contribution is 5.98. The summed E-state index contributed by atoms with van der Waals surface area (Å²) in [5.74, 6) is 0.793. The average molecular weight is 356 g/mol. The number of benzene rings is 2. The quantitative estimate of drug-likeness (QED) is 0.851. The van der Waals surface area contributed by atoms with E-state index in [4.69, 9.17) is 19.9 Å². The summed E-state index contributed by atoms with van der Waals surface area (Å²) < 4.78 is 16.8. The number of ether oxygens (including phenoxy) is 3. The van der Waals surface area contributed by atoms with Gasteiger partial charge in [0.25, 0.3) is 5.91 Å². The Bertz CT molecular complexity index is 808. The molecule has 2 aromatic carbocycles. The van der Waals surface area contributed by atoms with Crippen LogP contribution in [0.15, 0.2) is 48.5 Å². The first-order valence-electron chi connectivity index (χ1n) is 8.21. The van der Waals surface area contributed by atoms with Crippen molar-refractivity contribution in [2.45, 2.75) is 12.5 Å². The minimum atomic E-state index is -0.831. The molecule has 0 radical (unpaired) electrons. The second-order valence-corrected chi connectivity index (χ2v) is 5.74. The van der Waals surface area contributed by atoms with E-state index in [0.717, 1.165) is 0 Å². The molecule has 1 aliphatic rings. The number of hydrogen-bond donors (Lipinski definition) is 1. The Kier molecular flexibility index (Phi) is 5.26. The third-order valence-corrected chi connectivity index (χ3v) is 4.01. The van der Waals surface area contributed by atoms with Gasteiger partial charge in [0.2, 0.25) is 12.0 Å². The molecule has 7 heteroatoms. The summed E-state index contributed by atoms with van der Waals surface area (Å²) in [6.45, 7) is 0.202. The lowest BCUT2D eigenvalue weighted by Crippen LogP contribution is -2.47. The van der Waals surface area contributed by atoms with Gasteiger partial charge in [0.15, 0.2) is 11.5 Å². The fourth-order valence-corrected chi connectivity index (χ4v) is 2.74. The molecule has 2 N–H and O–H groups in total. The van der Waals surface area contributed by atoms with Crippen molar-refractivity contribution < 1.29 is 23.8 Å². The van der Waals surface area contributed by atoms with Crippen LogP contribution < -0.4 is 24.8 Å². The van der Waals surface area contributed by atoms with Crippen LogP contribution in [-0.4, -0.2) is 38.2 Å². The molecule has 0 unspecified atom stereocenters. The summed E-state index contributed by atoms with van der Waals surface area (Å²) in [4.78, 5) is 25.8. The molecule has 136 valence electrons. The van der Waals surface area contributed by atoms with Crippen molar-refractivity contribution in [3.05, 3.63) is 48.5 Å². The number of hydrogen-bond acceptors (Lipinski definition) is 5. The molecular formula is C19H20N2O5. The number of fused-ring (bicyclic) bond motifs is 1. The third kappa shape index (κ3) is 3.72. The van der Waals surface area contributed by atoms with Crippen LogP contribution in [0.2, 0.25) is 0 Å². The van der Waals surface area contributed by atoms with E-state index in [-0.39, 0.29) is 25.5 Å². The molecule has 2 aromatic rings. The third-order valence-electron chi connectivity index (χ3n) is 4.01. The Hall–Kier alpha value is -3.22. The minimum Gasteiger partial charge on any atom is -0.495 e. The predicted octanol–water partition coefficient (Wildman–Crippen LogP) is 1.74. The molecule has 1 aliphatic heterocycles. The number of carbonyl (C=O) groups is 2. The molecule has 2 amide bonds. The SMILES string of the molecule is COc1ccccc1N(CCC(N)=O)C(=O)[C@@H]1COc2ccccc2O1. The summed E-state index contributed by atoms with van der Waals surface area (Å²) in [5, 5.41) is 0. The smallest absolute Gasteiger partial charge is 0.271 e. The molecule has 0 saturated carbocycles. The maximum absolute atomic E-state index is 13.1. The van der Waals surface area contributed by atoms with E-state index in [2.05, 4.69) is 0 Å². The maximum Gasteiger partial charge on any atom is 0.271 e. The van der Waals surface area contributed by atoms with Gasteiger partial charge in [-0.3, -0.25) is 9.59 Å². The van der Waals surface area contributed by atoms with Gasteiger partial charge in [-0.15, -0.1) is 0 Å². The summed E-state index contributed by atoms with van der Waals surface area (Å²) in [6.07, 6.45) is -0.809. The van der Waals surface area contributed by atoms with Gasteiger partial charge < -0.3 is 24.8 Å². The fraction of sp³-hybridized carbons (Fsp3) is 0.263. The highest BCUT2D eigenvalue weighted by Crippen LogP contribution is 2.33. The predicted molar refractivity (Wildman–Crippen MR) is 95.5 cm³/mol. The highest BCUT2D eigenvalue weighted by atomic mass is 16.6. The van der Waals surface area contributed by atoms with Gasteiger partial charge in [-0.05, 0) is 24.3 Å². The number of rotatable bonds is 6. The molecule has 0 spiro atoms. The maximum atomic E-state index is 13.1. The molecule has 1 atom stereocenters. The zero-order chi connectivity index (χ0) is 18.5. The standard InChI is InChI=1S/C19H20N2O5/c1-24-14-7-3-2-6-13(14)21(11-10-18(20)22)19(23)17-12-25-15-8-4-5-9-16(15)26-17/h2-9,17H,10-12H2,1H3,(H2,20,22)/t17-/m0/s1. The number of nitrogens with zero attached hydrogens (tertiary/aromatic N) is 1. The summed E-state index contributed by atoms with van der Waals surface area (Å²) in [5.41, 5.74) is 5.81. The van der Waals surface area contributed by atoms with Crippen LogP contribution in [0.4, 0.5) is 5.69 Å². The zero-order valence-corrected chi connectivity index (χ0v) is 14.4. The van der Waals surface area contributed by atoms with E-state index in [0.29, 0.717) is 22.9 Å². The zero-order valence-electron chi connectivity index (χ0n) is 14.4. The Morgan fingerprint density at radius 2 is 1.85 bits per heavy atom. The van der Waals surface area contributed by atoms with E-state index >= 15 is 0 Å². The van der Waals surface area contributed by atoms with Crippen LogP contribution in [0.3, 0.4) is 0 Å². The van der Waals surface area contributed by atoms with Crippen LogP contribution in [0, 0.1) is 0 Å². The topological polar surface area (TPSA) is 91.1 Å². The van der Waals surface area contributed by atoms with Gasteiger partial charge in [-0.2, -0.15) is 0 Å². The molecule has 0 aliphatic carbocycles. The first-order valence-corrected chi connectivity index (χ1v) is 8.21. The monoisotopic (exact) mass is 356 g/mol. The van der Waals surface area contributed by atoms with Gasteiger partial charge in [-0.1, -0.05) is 24.3 Å². The number of amides is 2. The second-order valence-electron chi connectivity index (χ2n) is 5.74. The lowest BCUT2D eigenvalue weighted by Gasteiger charge is -2.31. The highest BCUT2D eigenvalue weighted by Gasteiger charge is 2.32. The van der Waals surface area contributed by atoms with Crippen LogP contribution in [0.25, 0.3) is 0 Å². The van der Waals surface area contributed by atoms with Crippen molar-refractivity contribution in [3.63, 3.8) is 0 Å². The van der Waals surface area contributed by atoms with Crippen LogP contribution in [-0.2, 0) is 9.59 Å². The first-order chi connectivity index (χ1) is 12.6. The number of primary amides is 1. The van der Waals surface area contributed by atoms with Crippen molar-refractivity contribution in [1.82, 2.24) is 0 Å². The lowest BCUT2D eigenvalue weighted by atomic mass is 10.2. The summed E-state index contributed by atoms with van der Waals surface area (Å²) >= 11 is 0. The second kappa shape index (κ2) is 7.77. The molecular weight excluding hydrogens is 336 g/mol. The minimum absolute atomic E-state index is 0.0218. The van der Waals surface area contributed by atoms with Crippen LogP contribution in [0.1, 0.15) is 6.42 Å². The van der Waals surface area contributed by atoms with Gasteiger partial charge in [0.1, 0.15) is 12.4 Å². The van der Waals surface area contributed by atoms with Crippen molar-refractivity contribution in [1.29, 1.82) is 0 Å².